The van der Waals surface area contributed by atoms with E-state index in [4.69, 9.17) is 16.9 Å². The zero-order valence-electron chi connectivity index (χ0n) is 10.1. The molecule has 0 saturated heterocycles. The smallest absolute Gasteiger partial charge is 0.242 e. The average molecular weight is 302 g/mol. The lowest BCUT2D eigenvalue weighted by Gasteiger charge is -2.08. The Labute approximate surface area is 116 Å². The minimum Gasteiger partial charge on any atom is -0.359 e. The highest BCUT2D eigenvalue weighted by Gasteiger charge is 2.18. The molecule has 0 atom stereocenters. The molecule has 0 aliphatic carbocycles. The first-order valence-corrected chi connectivity index (χ1v) is 7.16. The zero-order chi connectivity index (χ0) is 14.5. The first-order chi connectivity index (χ1) is 8.90. The molecule has 19 heavy (non-hydrogen) atoms. The normalized spacial score (nSPS) is 10.8. The summed E-state index contributed by atoms with van der Waals surface area (Å²) in [5.41, 5.74) is 0.273. The van der Waals surface area contributed by atoms with Crippen LogP contribution in [0, 0.1) is 11.3 Å². The van der Waals surface area contributed by atoms with Crippen LogP contribution in [0.3, 0.4) is 0 Å². The molecule has 1 amide bonds. The third-order valence-electron chi connectivity index (χ3n) is 2.27. The average Bonchev–Trinajstić information content (AvgIpc) is 2.37. The highest BCUT2D eigenvalue weighted by Crippen LogP contribution is 2.22. The number of sulfonamides is 1. The minimum absolute atomic E-state index is 0.0294. The number of nitriles is 1. The van der Waals surface area contributed by atoms with Crippen LogP contribution in [-0.4, -0.2) is 27.9 Å². The van der Waals surface area contributed by atoms with Gasteiger partial charge in [0.15, 0.2) is 0 Å². The summed E-state index contributed by atoms with van der Waals surface area (Å²) in [4.78, 5) is 10.9. The first kappa shape index (κ1) is 15.4. The molecule has 0 spiro atoms. The summed E-state index contributed by atoms with van der Waals surface area (Å²) in [6, 6.07) is 5.75. The molecule has 0 fully saturated rings. The molecule has 0 saturated carbocycles. The topological polar surface area (TPSA) is 99.1 Å². The van der Waals surface area contributed by atoms with Gasteiger partial charge in [0.05, 0.1) is 16.7 Å². The van der Waals surface area contributed by atoms with Crippen LogP contribution in [0.4, 0.5) is 0 Å². The highest BCUT2D eigenvalue weighted by molar-refractivity contribution is 7.89. The van der Waals surface area contributed by atoms with E-state index in [1.54, 1.807) is 0 Å². The van der Waals surface area contributed by atoms with Gasteiger partial charge >= 0.3 is 0 Å². The summed E-state index contributed by atoms with van der Waals surface area (Å²) in [5.74, 6) is -0.270. The molecule has 8 heteroatoms. The molecule has 6 nitrogen and oxygen atoms in total. The van der Waals surface area contributed by atoms with Gasteiger partial charge in [-0.2, -0.15) is 5.26 Å². The van der Waals surface area contributed by atoms with Crippen LogP contribution in [0.2, 0.25) is 5.02 Å². The summed E-state index contributed by atoms with van der Waals surface area (Å²) in [7, 11) is -2.32. The van der Waals surface area contributed by atoms with Crippen LogP contribution >= 0.6 is 11.6 Å². The van der Waals surface area contributed by atoms with E-state index in [0.717, 1.165) is 0 Å². The van der Waals surface area contributed by atoms with Crippen molar-refractivity contribution in [1.82, 2.24) is 10.0 Å². The number of rotatable bonds is 5. The van der Waals surface area contributed by atoms with Crippen LogP contribution in [0.25, 0.3) is 0 Å². The van der Waals surface area contributed by atoms with Gasteiger partial charge in [-0.1, -0.05) is 11.6 Å². The summed E-state index contributed by atoms with van der Waals surface area (Å²) in [6.45, 7) is -0.0294. The molecule has 0 unspecified atom stereocenters. The number of halogens is 1. The molecule has 1 aromatic carbocycles. The fraction of sp³-hybridized carbons (Fsp3) is 0.273. The highest BCUT2D eigenvalue weighted by atomic mass is 35.5. The van der Waals surface area contributed by atoms with Gasteiger partial charge in [-0.15, -0.1) is 0 Å². The lowest BCUT2D eigenvalue weighted by molar-refractivity contribution is -0.120. The quantitative estimate of drug-likeness (QED) is 0.833. The lowest BCUT2D eigenvalue weighted by atomic mass is 10.2. The Hall–Kier alpha value is -1.62. The van der Waals surface area contributed by atoms with Crippen molar-refractivity contribution in [3.8, 4) is 6.07 Å². The Bertz CT molecular complexity index is 623. The van der Waals surface area contributed by atoms with Gasteiger partial charge in [0.2, 0.25) is 15.9 Å². The molecule has 2 N–H and O–H groups in total. The second kappa shape index (κ2) is 6.52. The molecule has 0 radical (unpaired) electrons. The fourth-order valence-corrected chi connectivity index (χ4v) is 2.86. The molecule has 1 aromatic rings. The van der Waals surface area contributed by atoms with Gasteiger partial charge in [-0.25, -0.2) is 13.1 Å². The molecule has 0 heterocycles. The maximum atomic E-state index is 11.9. The van der Waals surface area contributed by atoms with Crippen molar-refractivity contribution in [1.29, 1.82) is 5.26 Å². The van der Waals surface area contributed by atoms with E-state index >= 15 is 0 Å². The number of nitrogens with zero attached hydrogens (tertiary/aromatic N) is 1. The van der Waals surface area contributed by atoms with Crippen molar-refractivity contribution in [3.63, 3.8) is 0 Å². The van der Waals surface area contributed by atoms with E-state index in [2.05, 4.69) is 10.0 Å². The van der Waals surface area contributed by atoms with Crippen molar-refractivity contribution in [2.24, 2.45) is 0 Å². The van der Waals surface area contributed by atoms with Crippen molar-refractivity contribution in [3.05, 3.63) is 28.8 Å². The number of amides is 1. The predicted molar refractivity (Wildman–Crippen MR) is 70.0 cm³/mol. The monoisotopic (exact) mass is 301 g/mol. The lowest BCUT2D eigenvalue weighted by Crippen LogP contribution is -2.29. The predicted octanol–water partition coefficient (Wildman–Crippen LogP) is 0.626. The van der Waals surface area contributed by atoms with Crippen LogP contribution < -0.4 is 10.0 Å². The van der Waals surface area contributed by atoms with Crippen molar-refractivity contribution in [2.45, 2.75) is 11.3 Å². The largest absolute Gasteiger partial charge is 0.359 e. The summed E-state index contributed by atoms with van der Waals surface area (Å²) in [6.07, 6.45) is 0.0314. The van der Waals surface area contributed by atoms with E-state index in [9.17, 15) is 13.2 Å². The number of hydrogen-bond donors (Lipinski definition) is 2. The van der Waals surface area contributed by atoms with Crippen molar-refractivity contribution >= 4 is 27.5 Å². The molecule has 0 aliphatic rings. The van der Waals surface area contributed by atoms with Crippen LogP contribution in [0.15, 0.2) is 23.1 Å². The standard InChI is InChI=1S/C11H12ClN3O3S/c1-14-11(16)4-5-15-19(17,18)10-3-2-8(7-13)6-9(10)12/h2-3,6,15H,4-5H2,1H3,(H,14,16). The minimum atomic E-state index is -3.79. The van der Waals surface area contributed by atoms with Crippen LogP contribution in [0.5, 0.6) is 0 Å². The number of carbonyl (C=O) groups is 1. The molecule has 0 aromatic heterocycles. The van der Waals surface area contributed by atoms with E-state index in [1.807, 2.05) is 6.07 Å². The summed E-state index contributed by atoms with van der Waals surface area (Å²) >= 11 is 5.81. The van der Waals surface area contributed by atoms with Gasteiger partial charge in [0.1, 0.15) is 4.90 Å². The number of nitrogens with one attached hydrogen (secondary N) is 2. The van der Waals surface area contributed by atoms with E-state index in [1.165, 1.54) is 25.2 Å². The third-order valence-corrected chi connectivity index (χ3v) is 4.22. The third kappa shape index (κ3) is 4.21. The number of carbonyl (C=O) groups excluding carboxylic acids is 1. The maximum Gasteiger partial charge on any atom is 0.242 e. The second-order valence-electron chi connectivity index (χ2n) is 3.58. The molecule has 102 valence electrons. The van der Waals surface area contributed by atoms with Crippen molar-refractivity contribution < 1.29 is 13.2 Å². The van der Waals surface area contributed by atoms with Gasteiger partial charge in [-0.3, -0.25) is 4.79 Å². The molecular weight excluding hydrogens is 290 g/mol. The molecule has 0 bridgehead atoms. The van der Waals surface area contributed by atoms with Gasteiger partial charge in [-0.05, 0) is 18.2 Å². The second-order valence-corrected chi connectivity index (χ2v) is 5.72. The van der Waals surface area contributed by atoms with Gasteiger partial charge in [0, 0.05) is 20.0 Å². The Morgan fingerprint density at radius 1 is 1.47 bits per heavy atom. The molecule has 0 aliphatic heterocycles. The number of hydrogen-bond acceptors (Lipinski definition) is 4. The molecular formula is C11H12ClN3O3S. The van der Waals surface area contributed by atoms with Crippen LogP contribution in [-0.2, 0) is 14.8 Å². The Morgan fingerprint density at radius 3 is 2.68 bits per heavy atom. The number of benzene rings is 1. The fourth-order valence-electron chi connectivity index (χ4n) is 1.29. The molecule has 1 rings (SSSR count). The first-order valence-electron chi connectivity index (χ1n) is 5.30. The zero-order valence-corrected chi connectivity index (χ0v) is 11.7. The summed E-state index contributed by atoms with van der Waals surface area (Å²) < 4.78 is 26.1. The maximum absolute atomic E-state index is 11.9. The van der Waals surface area contributed by atoms with Gasteiger partial charge in [0.25, 0.3) is 0 Å². The van der Waals surface area contributed by atoms with Gasteiger partial charge < -0.3 is 5.32 Å². The Morgan fingerprint density at radius 2 is 2.16 bits per heavy atom. The summed E-state index contributed by atoms with van der Waals surface area (Å²) in [5, 5.41) is 11.0. The van der Waals surface area contributed by atoms with E-state index in [-0.39, 0.29) is 34.4 Å². The SMILES string of the molecule is CNC(=O)CCNS(=O)(=O)c1ccc(C#N)cc1Cl. The van der Waals surface area contributed by atoms with E-state index in [0.29, 0.717) is 0 Å². The van der Waals surface area contributed by atoms with Crippen molar-refractivity contribution in [2.75, 3.05) is 13.6 Å². The Kier molecular flexibility index (Phi) is 5.30. The Balaban J connectivity index is 2.84. The van der Waals surface area contributed by atoms with Crippen LogP contribution in [0.1, 0.15) is 12.0 Å². The van der Waals surface area contributed by atoms with E-state index < -0.39 is 10.0 Å².